The maximum Gasteiger partial charge on any atom is 0.270 e. The minimum Gasteiger partial charge on any atom is -0.258 e. The monoisotopic (exact) mass is 275 g/mol. The van der Waals surface area contributed by atoms with Crippen LogP contribution in [0.15, 0.2) is 18.2 Å². The Morgan fingerprint density at radius 1 is 1.41 bits per heavy atom. The lowest BCUT2D eigenvalue weighted by Gasteiger charge is -2.08. The van der Waals surface area contributed by atoms with Crippen molar-refractivity contribution in [3.8, 4) is 0 Å². The van der Waals surface area contributed by atoms with Crippen molar-refractivity contribution in [1.82, 2.24) is 0 Å². The number of nitrogens with zero attached hydrogens (tertiary/aromatic N) is 1. The molecule has 0 fully saturated rings. The highest BCUT2D eigenvalue weighted by atomic mass is 35.5. The summed E-state index contributed by atoms with van der Waals surface area (Å²) in [6.07, 6.45) is 3.63. The lowest BCUT2D eigenvalue weighted by Crippen LogP contribution is -2.00. The molecule has 0 aliphatic carbocycles. The molecule has 0 amide bonds. The summed E-state index contributed by atoms with van der Waals surface area (Å²) in [6.45, 7) is 2.09. The van der Waals surface area contributed by atoms with Gasteiger partial charge in [-0.1, -0.05) is 31.0 Å². The zero-order chi connectivity index (χ0) is 12.8. The van der Waals surface area contributed by atoms with Crippen molar-refractivity contribution in [1.29, 1.82) is 0 Å². The molecule has 1 aromatic carbocycles. The van der Waals surface area contributed by atoms with Crippen LogP contribution in [-0.2, 0) is 6.42 Å². The van der Waals surface area contributed by atoms with Gasteiger partial charge in [-0.3, -0.25) is 10.1 Å². The van der Waals surface area contributed by atoms with Gasteiger partial charge in [0.05, 0.1) is 9.95 Å². The normalized spacial score (nSPS) is 12.4. The fourth-order valence-corrected chi connectivity index (χ4v) is 2.22. The third-order valence-electron chi connectivity index (χ3n) is 2.58. The Labute approximate surface area is 111 Å². The summed E-state index contributed by atoms with van der Waals surface area (Å²) in [5.41, 5.74) is 0.939. The van der Waals surface area contributed by atoms with Crippen molar-refractivity contribution in [2.24, 2.45) is 0 Å². The van der Waals surface area contributed by atoms with Crippen LogP contribution in [0.5, 0.6) is 0 Å². The third kappa shape index (κ3) is 4.52. The van der Waals surface area contributed by atoms with Crippen molar-refractivity contribution in [2.45, 2.75) is 38.0 Å². The standard InChI is InChI=1S/C12H15Cl2NO2/c1-2-3-10(13)6-4-9-5-7-11(15(16)17)8-12(9)14/h5,7-8,10H,2-4,6H2,1H3. The fraction of sp³-hybridized carbons (Fsp3) is 0.500. The van der Waals surface area contributed by atoms with Crippen LogP contribution >= 0.6 is 23.2 Å². The van der Waals surface area contributed by atoms with Gasteiger partial charge in [-0.2, -0.15) is 0 Å². The molecule has 0 N–H and O–H groups in total. The van der Waals surface area contributed by atoms with Gasteiger partial charge in [-0.25, -0.2) is 0 Å². The molecule has 0 aromatic heterocycles. The summed E-state index contributed by atoms with van der Waals surface area (Å²) in [4.78, 5) is 10.1. The highest BCUT2D eigenvalue weighted by molar-refractivity contribution is 6.31. The number of hydrogen-bond donors (Lipinski definition) is 0. The molecule has 1 aromatic rings. The molecule has 0 bridgehead atoms. The Morgan fingerprint density at radius 2 is 2.12 bits per heavy atom. The van der Waals surface area contributed by atoms with Gasteiger partial charge in [0, 0.05) is 17.5 Å². The first-order chi connectivity index (χ1) is 8.04. The van der Waals surface area contributed by atoms with E-state index < -0.39 is 4.92 Å². The highest BCUT2D eigenvalue weighted by Crippen LogP contribution is 2.24. The first kappa shape index (κ1) is 14.3. The first-order valence-electron chi connectivity index (χ1n) is 5.61. The third-order valence-corrected chi connectivity index (χ3v) is 3.36. The second kappa shape index (κ2) is 6.82. The van der Waals surface area contributed by atoms with Crippen LogP contribution in [0.2, 0.25) is 5.02 Å². The molecule has 0 aliphatic heterocycles. The summed E-state index contributed by atoms with van der Waals surface area (Å²) in [6, 6.07) is 4.57. The zero-order valence-corrected chi connectivity index (χ0v) is 11.2. The van der Waals surface area contributed by atoms with Gasteiger partial charge < -0.3 is 0 Å². The molecule has 0 spiro atoms. The summed E-state index contributed by atoms with van der Waals surface area (Å²) in [5, 5.41) is 11.1. The summed E-state index contributed by atoms with van der Waals surface area (Å²) in [7, 11) is 0. The molecule has 0 heterocycles. The van der Waals surface area contributed by atoms with E-state index in [0.29, 0.717) is 5.02 Å². The van der Waals surface area contributed by atoms with Gasteiger partial charge in [0.15, 0.2) is 0 Å². The molecular formula is C12H15Cl2NO2. The second-order valence-electron chi connectivity index (χ2n) is 3.96. The Morgan fingerprint density at radius 3 is 2.65 bits per heavy atom. The van der Waals surface area contributed by atoms with Gasteiger partial charge in [0.25, 0.3) is 5.69 Å². The fourth-order valence-electron chi connectivity index (χ4n) is 1.62. The second-order valence-corrected chi connectivity index (χ2v) is 4.98. The van der Waals surface area contributed by atoms with Gasteiger partial charge in [-0.05, 0) is 24.8 Å². The lowest BCUT2D eigenvalue weighted by molar-refractivity contribution is -0.384. The molecular weight excluding hydrogens is 261 g/mol. The smallest absolute Gasteiger partial charge is 0.258 e. The first-order valence-corrected chi connectivity index (χ1v) is 6.43. The SMILES string of the molecule is CCCC(Cl)CCc1ccc([N+](=O)[O-])cc1Cl. The predicted octanol–water partition coefficient (Wildman–Crippen LogP) is 4.59. The van der Waals surface area contributed by atoms with Crippen molar-refractivity contribution in [3.63, 3.8) is 0 Å². The molecule has 0 aliphatic rings. The number of benzene rings is 1. The molecule has 17 heavy (non-hydrogen) atoms. The van der Waals surface area contributed by atoms with E-state index in [1.165, 1.54) is 12.1 Å². The molecule has 5 heteroatoms. The quantitative estimate of drug-likeness (QED) is 0.433. The molecule has 1 rings (SSSR count). The summed E-state index contributed by atoms with van der Waals surface area (Å²) < 4.78 is 0. The number of alkyl halides is 1. The van der Waals surface area contributed by atoms with Gasteiger partial charge in [0.1, 0.15) is 0 Å². The minimum atomic E-state index is -0.447. The summed E-state index contributed by atoms with van der Waals surface area (Å²) in [5.74, 6) is 0. The van der Waals surface area contributed by atoms with Crippen LogP contribution < -0.4 is 0 Å². The van der Waals surface area contributed by atoms with Crippen molar-refractivity contribution in [2.75, 3.05) is 0 Å². The van der Waals surface area contributed by atoms with E-state index in [9.17, 15) is 10.1 Å². The largest absolute Gasteiger partial charge is 0.270 e. The number of hydrogen-bond acceptors (Lipinski definition) is 2. The lowest BCUT2D eigenvalue weighted by atomic mass is 10.1. The van der Waals surface area contributed by atoms with E-state index in [2.05, 4.69) is 6.92 Å². The highest BCUT2D eigenvalue weighted by Gasteiger charge is 2.10. The van der Waals surface area contributed by atoms with Gasteiger partial charge in [0.2, 0.25) is 0 Å². The molecule has 0 radical (unpaired) electrons. The van der Waals surface area contributed by atoms with E-state index in [0.717, 1.165) is 31.2 Å². The van der Waals surface area contributed by atoms with Gasteiger partial charge in [-0.15, -0.1) is 11.6 Å². The molecule has 3 nitrogen and oxygen atoms in total. The Bertz CT molecular complexity index is 396. The zero-order valence-electron chi connectivity index (χ0n) is 9.66. The van der Waals surface area contributed by atoms with Crippen LogP contribution in [0.1, 0.15) is 31.7 Å². The van der Waals surface area contributed by atoms with Crippen LogP contribution in [-0.4, -0.2) is 10.3 Å². The van der Waals surface area contributed by atoms with Crippen molar-refractivity contribution >= 4 is 28.9 Å². The van der Waals surface area contributed by atoms with E-state index in [-0.39, 0.29) is 11.1 Å². The van der Waals surface area contributed by atoms with Crippen LogP contribution in [0, 0.1) is 10.1 Å². The van der Waals surface area contributed by atoms with Gasteiger partial charge >= 0.3 is 0 Å². The van der Waals surface area contributed by atoms with Crippen molar-refractivity contribution in [3.05, 3.63) is 38.9 Å². The molecule has 1 unspecified atom stereocenters. The van der Waals surface area contributed by atoms with Crippen LogP contribution in [0.25, 0.3) is 0 Å². The maximum absolute atomic E-state index is 10.5. The number of non-ortho nitro benzene ring substituents is 1. The molecule has 0 saturated heterocycles. The number of nitro groups is 1. The average molecular weight is 276 g/mol. The van der Waals surface area contributed by atoms with Crippen LogP contribution in [0.4, 0.5) is 5.69 Å². The number of aryl methyl sites for hydroxylation is 1. The average Bonchev–Trinajstić information content (AvgIpc) is 2.27. The summed E-state index contributed by atoms with van der Waals surface area (Å²) >= 11 is 12.1. The molecule has 94 valence electrons. The van der Waals surface area contributed by atoms with Crippen LogP contribution in [0.3, 0.4) is 0 Å². The Kier molecular flexibility index (Phi) is 5.72. The van der Waals surface area contributed by atoms with E-state index in [4.69, 9.17) is 23.2 Å². The van der Waals surface area contributed by atoms with E-state index in [1.807, 2.05) is 0 Å². The maximum atomic E-state index is 10.5. The van der Waals surface area contributed by atoms with E-state index in [1.54, 1.807) is 6.07 Å². The molecule has 1 atom stereocenters. The number of nitro benzene ring substituents is 1. The topological polar surface area (TPSA) is 43.1 Å². The van der Waals surface area contributed by atoms with E-state index >= 15 is 0 Å². The number of rotatable bonds is 6. The number of halogens is 2. The van der Waals surface area contributed by atoms with Crippen molar-refractivity contribution < 1.29 is 4.92 Å². The minimum absolute atomic E-state index is 0.0229. The Hall–Kier alpha value is -0.800. The molecule has 0 saturated carbocycles. The Balaban J connectivity index is 2.63. The predicted molar refractivity (Wildman–Crippen MR) is 71.0 cm³/mol.